The third-order valence-corrected chi connectivity index (χ3v) is 3.10. The van der Waals surface area contributed by atoms with E-state index in [0.29, 0.717) is 0 Å². The van der Waals surface area contributed by atoms with Crippen molar-refractivity contribution >= 4 is 0 Å². The van der Waals surface area contributed by atoms with Crippen molar-refractivity contribution in [3.63, 3.8) is 0 Å². The number of rotatable bonds is 3. The highest BCUT2D eigenvalue weighted by molar-refractivity contribution is 5.31. The molecule has 9 nitrogen and oxygen atoms in total. The van der Waals surface area contributed by atoms with Crippen molar-refractivity contribution in [1.29, 1.82) is 0 Å². The highest BCUT2D eigenvalue weighted by Crippen LogP contribution is 2.39. The Balaban J connectivity index is 3.55. The Morgan fingerprint density at radius 3 is 1.94 bits per heavy atom. The minimum atomic E-state index is -2.41. The number of hydrogen-bond acceptors (Lipinski definition) is 6. The molecule has 0 bridgehead atoms. The molecule has 0 aliphatic heterocycles. The second-order valence-corrected chi connectivity index (χ2v) is 3.90. The second-order valence-electron chi connectivity index (χ2n) is 3.90. The smallest absolute Gasteiger partial charge is 0.263 e. The van der Waals surface area contributed by atoms with Crippen LogP contribution in [0.3, 0.4) is 0 Å². The summed E-state index contributed by atoms with van der Waals surface area (Å²) in [5.41, 5.74) is -5.37. The van der Waals surface area contributed by atoms with Crippen molar-refractivity contribution in [3.05, 3.63) is 54.3 Å². The van der Waals surface area contributed by atoms with Gasteiger partial charge in [-0.05, 0) is 0 Å². The zero-order chi connectivity index (χ0) is 13.4. The average Bonchev–Trinajstić information content (AvgIpc) is 2.20. The molecule has 17 heavy (non-hydrogen) atoms. The Morgan fingerprint density at radius 2 is 1.59 bits per heavy atom. The van der Waals surface area contributed by atoms with Gasteiger partial charge in [0.05, 0.1) is 4.92 Å². The molecule has 0 fully saturated rings. The molecular weight excluding hydrogens is 234 g/mol. The van der Waals surface area contributed by atoms with Crippen molar-refractivity contribution in [3.8, 4) is 0 Å². The van der Waals surface area contributed by atoms with Gasteiger partial charge in [-0.3, -0.25) is 30.3 Å². The van der Waals surface area contributed by atoms with Crippen LogP contribution in [0.5, 0.6) is 0 Å². The lowest BCUT2D eigenvalue weighted by atomic mass is 9.75. The van der Waals surface area contributed by atoms with Gasteiger partial charge in [0, 0.05) is 35.8 Å². The van der Waals surface area contributed by atoms with Gasteiger partial charge in [-0.25, -0.2) is 0 Å². The van der Waals surface area contributed by atoms with Crippen LogP contribution in [0.1, 0.15) is 13.8 Å². The van der Waals surface area contributed by atoms with Gasteiger partial charge in [-0.2, -0.15) is 0 Å². The Kier molecular flexibility index (Phi) is 2.71. The number of hydrogen-bond donors (Lipinski definition) is 0. The topological polar surface area (TPSA) is 129 Å². The molecule has 0 spiro atoms. The van der Waals surface area contributed by atoms with E-state index in [0.717, 1.165) is 32.1 Å². The van der Waals surface area contributed by atoms with Crippen molar-refractivity contribution in [2.24, 2.45) is 0 Å². The fourth-order valence-electron chi connectivity index (χ4n) is 1.67. The summed E-state index contributed by atoms with van der Waals surface area (Å²) < 4.78 is 0. The summed E-state index contributed by atoms with van der Waals surface area (Å²) in [6.07, 6.45) is 2.99. The first-order valence-corrected chi connectivity index (χ1v) is 4.51. The van der Waals surface area contributed by atoms with Gasteiger partial charge in [0.15, 0.2) is 0 Å². The normalized spacial score (nSPS) is 31.8. The SMILES string of the molecule is CC1([N+](=O)[O-])C=CC=C([N+](=O)[O-])C1(C)[N+](=O)[O-]. The third kappa shape index (κ3) is 1.47. The van der Waals surface area contributed by atoms with Crippen LogP contribution in [0.4, 0.5) is 0 Å². The lowest BCUT2D eigenvalue weighted by Gasteiger charge is -2.29. The fourth-order valence-corrected chi connectivity index (χ4v) is 1.67. The lowest BCUT2D eigenvalue weighted by Crippen LogP contribution is -2.61. The molecule has 0 saturated carbocycles. The number of allylic oxidation sites excluding steroid dienone is 2. The molecular formula is C8H9N3O6. The molecule has 0 aromatic heterocycles. The van der Waals surface area contributed by atoms with E-state index in [1.54, 1.807) is 0 Å². The summed E-state index contributed by atoms with van der Waals surface area (Å²) in [6, 6.07) is 0. The largest absolute Gasteiger partial charge is 0.378 e. The first kappa shape index (κ1) is 12.7. The molecule has 2 unspecified atom stereocenters. The molecule has 1 aliphatic carbocycles. The maximum Gasteiger partial charge on any atom is 0.378 e. The van der Waals surface area contributed by atoms with Crippen LogP contribution in [0.15, 0.2) is 23.9 Å². The predicted octanol–water partition coefficient (Wildman–Crippen LogP) is 0.788. The minimum absolute atomic E-state index is 0.802. The maximum absolute atomic E-state index is 11.0. The molecule has 0 saturated heterocycles. The highest BCUT2D eigenvalue weighted by atomic mass is 16.7. The van der Waals surface area contributed by atoms with Crippen LogP contribution >= 0.6 is 0 Å². The summed E-state index contributed by atoms with van der Waals surface area (Å²) in [4.78, 5) is 29.9. The standard InChI is InChI=1S/C8H9N3O6/c1-7(10(14)15)5-3-4-6(9(12)13)8(7,2)11(16)17/h3-5H,1-2H3. The molecule has 9 heteroatoms. The van der Waals surface area contributed by atoms with E-state index in [9.17, 15) is 30.3 Å². The average molecular weight is 243 g/mol. The van der Waals surface area contributed by atoms with Crippen LogP contribution in [0.2, 0.25) is 0 Å². The Labute approximate surface area is 94.9 Å². The van der Waals surface area contributed by atoms with E-state index < -0.39 is 31.5 Å². The van der Waals surface area contributed by atoms with Gasteiger partial charge in [0.2, 0.25) is 0 Å². The Hall–Kier alpha value is -2.32. The summed E-state index contributed by atoms with van der Waals surface area (Å²) >= 11 is 0. The van der Waals surface area contributed by atoms with Crippen LogP contribution in [-0.4, -0.2) is 25.8 Å². The summed E-state index contributed by atoms with van der Waals surface area (Å²) in [7, 11) is 0. The first-order valence-electron chi connectivity index (χ1n) is 4.51. The molecule has 0 aromatic rings. The molecule has 0 aromatic carbocycles. The van der Waals surface area contributed by atoms with Gasteiger partial charge >= 0.3 is 16.8 Å². The van der Waals surface area contributed by atoms with Gasteiger partial charge in [-0.1, -0.05) is 6.08 Å². The number of nitrogens with zero attached hydrogens (tertiary/aromatic N) is 3. The molecule has 1 aliphatic rings. The van der Waals surface area contributed by atoms with E-state index >= 15 is 0 Å². The van der Waals surface area contributed by atoms with Crippen LogP contribution in [-0.2, 0) is 0 Å². The fraction of sp³-hybridized carbons (Fsp3) is 0.500. The Morgan fingerprint density at radius 1 is 1.06 bits per heavy atom. The van der Waals surface area contributed by atoms with E-state index in [4.69, 9.17) is 0 Å². The zero-order valence-electron chi connectivity index (χ0n) is 9.02. The number of nitro groups is 3. The van der Waals surface area contributed by atoms with Crippen molar-refractivity contribution in [1.82, 2.24) is 0 Å². The molecule has 0 heterocycles. The van der Waals surface area contributed by atoms with E-state index in [-0.39, 0.29) is 0 Å². The van der Waals surface area contributed by atoms with Crippen LogP contribution in [0.25, 0.3) is 0 Å². The van der Waals surface area contributed by atoms with Gasteiger partial charge < -0.3 is 0 Å². The first-order chi connectivity index (χ1) is 7.68. The molecule has 0 N–H and O–H groups in total. The summed E-state index contributed by atoms with van der Waals surface area (Å²) in [6.45, 7) is 1.87. The quantitative estimate of drug-likeness (QED) is 0.532. The van der Waals surface area contributed by atoms with Gasteiger partial charge in [0.1, 0.15) is 0 Å². The molecule has 0 amide bonds. The van der Waals surface area contributed by atoms with Gasteiger partial charge in [-0.15, -0.1) is 0 Å². The predicted molar refractivity (Wildman–Crippen MR) is 55.0 cm³/mol. The van der Waals surface area contributed by atoms with E-state index in [1.807, 2.05) is 0 Å². The van der Waals surface area contributed by atoms with Crippen molar-refractivity contribution < 1.29 is 14.8 Å². The van der Waals surface area contributed by atoms with E-state index in [1.165, 1.54) is 0 Å². The Bertz CT molecular complexity index is 470. The second kappa shape index (κ2) is 3.61. The molecule has 2 atom stereocenters. The van der Waals surface area contributed by atoms with Crippen LogP contribution < -0.4 is 0 Å². The third-order valence-electron chi connectivity index (χ3n) is 3.10. The van der Waals surface area contributed by atoms with Crippen molar-refractivity contribution in [2.75, 3.05) is 0 Å². The monoisotopic (exact) mass is 243 g/mol. The zero-order valence-corrected chi connectivity index (χ0v) is 9.02. The molecule has 0 radical (unpaired) electrons. The molecule has 92 valence electrons. The van der Waals surface area contributed by atoms with Crippen molar-refractivity contribution in [2.45, 2.75) is 24.9 Å². The van der Waals surface area contributed by atoms with Crippen LogP contribution in [0, 0.1) is 30.3 Å². The molecule has 1 rings (SSSR count). The minimum Gasteiger partial charge on any atom is -0.263 e. The summed E-state index contributed by atoms with van der Waals surface area (Å²) in [5.74, 6) is 0. The highest BCUT2D eigenvalue weighted by Gasteiger charge is 2.71. The summed E-state index contributed by atoms with van der Waals surface area (Å²) in [5, 5.41) is 32.8. The lowest BCUT2D eigenvalue weighted by molar-refractivity contribution is -0.680. The van der Waals surface area contributed by atoms with E-state index in [2.05, 4.69) is 0 Å². The maximum atomic E-state index is 11.0. The van der Waals surface area contributed by atoms with Gasteiger partial charge in [0.25, 0.3) is 0 Å².